The fourth-order valence-electron chi connectivity index (χ4n) is 5.11. The molecule has 2 aliphatic rings. The maximum atomic E-state index is 13.3. The molecule has 1 saturated heterocycles. The molecular formula is C26H28N4O6. The molecule has 1 aliphatic carbocycles. The lowest BCUT2D eigenvalue weighted by atomic mass is 9.76. The maximum Gasteiger partial charge on any atom is 0.324 e. The van der Waals surface area contributed by atoms with Crippen LogP contribution >= 0.6 is 0 Å². The van der Waals surface area contributed by atoms with Crippen LogP contribution in [0, 0.1) is 5.92 Å². The summed E-state index contributed by atoms with van der Waals surface area (Å²) in [4.78, 5) is 32.1. The van der Waals surface area contributed by atoms with Crippen LogP contribution in [0.2, 0.25) is 0 Å². The first-order chi connectivity index (χ1) is 17.5. The van der Waals surface area contributed by atoms with Crippen molar-refractivity contribution in [2.45, 2.75) is 37.8 Å². The fourth-order valence-corrected chi connectivity index (χ4v) is 5.11. The summed E-state index contributed by atoms with van der Waals surface area (Å²) in [6.45, 7) is 0.163. The molecule has 2 aromatic carbocycles. The largest absolute Gasteiger partial charge is 0.496 e. The lowest BCUT2D eigenvalue weighted by Crippen LogP contribution is -2.60. The van der Waals surface area contributed by atoms with E-state index in [0.717, 1.165) is 5.56 Å². The molecule has 5 rings (SSSR count). The van der Waals surface area contributed by atoms with Crippen LogP contribution in [0.1, 0.15) is 36.6 Å². The van der Waals surface area contributed by atoms with Crippen LogP contribution in [0.25, 0.3) is 11.4 Å². The van der Waals surface area contributed by atoms with E-state index in [4.69, 9.17) is 18.7 Å². The summed E-state index contributed by atoms with van der Waals surface area (Å²) in [7, 11) is 4.70. The second kappa shape index (κ2) is 9.88. The predicted octanol–water partition coefficient (Wildman–Crippen LogP) is 3.77. The third-order valence-electron chi connectivity index (χ3n) is 6.94. The number of methoxy groups -OCH3 is 3. The number of benzene rings is 2. The van der Waals surface area contributed by atoms with Crippen molar-refractivity contribution >= 4 is 11.9 Å². The van der Waals surface area contributed by atoms with Crippen molar-refractivity contribution in [3.05, 3.63) is 53.9 Å². The third kappa shape index (κ3) is 4.23. The minimum Gasteiger partial charge on any atom is -0.496 e. The average Bonchev–Trinajstić information content (AvgIpc) is 3.40. The molecule has 1 saturated carbocycles. The normalized spacial score (nSPS) is 21.5. The van der Waals surface area contributed by atoms with Gasteiger partial charge in [0.15, 0.2) is 11.5 Å². The molecule has 3 unspecified atom stereocenters. The zero-order valence-electron chi connectivity index (χ0n) is 20.4. The Morgan fingerprint density at radius 1 is 1.00 bits per heavy atom. The molecule has 1 aromatic heterocycles. The van der Waals surface area contributed by atoms with Crippen LogP contribution in [0.3, 0.4) is 0 Å². The van der Waals surface area contributed by atoms with Crippen LogP contribution in [-0.4, -0.2) is 54.4 Å². The van der Waals surface area contributed by atoms with Crippen molar-refractivity contribution in [1.82, 2.24) is 20.4 Å². The van der Waals surface area contributed by atoms with Crippen LogP contribution in [-0.2, 0) is 11.3 Å². The van der Waals surface area contributed by atoms with Gasteiger partial charge in [-0.1, -0.05) is 29.4 Å². The van der Waals surface area contributed by atoms with Gasteiger partial charge in [-0.2, -0.15) is 4.98 Å². The molecule has 3 atom stereocenters. The number of ether oxygens (including phenoxy) is 3. The summed E-state index contributed by atoms with van der Waals surface area (Å²) in [6.07, 6.45) is 1.85. The van der Waals surface area contributed by atoms with Gasteiger partial charge in [-0.05, 0) is 37.5 Å². The highest BCUT2D eigenvalue weighted by molar-refractivity contribution is 5.98. The summed E-state index contributed by atoms with van der Waals surface area (Å²) < 4.78 is 21.9. The molecule has 188 valence electrons. The smallest absolute Gasteiger partial charge is 0.324 e. The lowest BCUT2D eigenvalue weighted by molar-refractivity contribution is -0.137. The van der Waals surface area contributed by atoms with E-state index < -0.39 is 6.03 Å². The van der Waals surface area contributed by atoms with Gasteiger partial charge >= 0.3 is 6.03 Å². The van der Waals surface area contributed by atoms with E-state index in [0.29, 0.717) is 53.8 Å². The van der Waals surface area contributed by atoms with Crippen molar-refractivity contribution in [1.29, 1.82) is 0 Å². The van der Waals surface area contributed by atoms with E-state index in [1.54, 1.807) is 27.4 Å². The Balaban J connectivity index is 1.31. The van der Waals surface area contributed by atoms with E-state index in [-0.39, 0.29) is 30.3 Å². The molecule has 3 aromatic rings. The van der Waals surface area contributed by atoms with Gasteiger partial charge in [-0.25, -0.2) is 4.79 Å². The molecule has 1 N–H and O–H groups in total. The summed E-state index contributed by atoms with van der Waals surface area (Å²) in [5.74, 6) is 2.08. The number of amides is 3. The second-order valence-electron chi connectivity index (χ2n) is 8.91. The van der Waals surface area contributed by atoms with E-state index in [1.807, 2.05) is 36.4 Å². The number of carbonyl (C=O) groups is 2. The number of hydrogen-bond donors (Lipinski definition) is 1. The predicted molar refractivity (Wildman–Crippen MR) is 129 cm³/mol. The summed E-state index contributed by atoms with van der Waals surface area (Å²) in [6, 6.07) is 12.1. The molecule has 10 nitrogen and oxygen atoms in total. The van der Waals surface area contributed by atoms with Crippen molar-refractivity contribution in [2.75, 3.05) is 21.3 Å². The monoisotopic (exact) mass is 492 g/mol. The van der Waals surface area contributed by atoms with Crippen molar-refractivity contribution < 1.29 is 28.3 Å². The Hall–Kier alpha value is -4.08. The number of imide groups is 1. The first-order valence-electron chi connectivity index (χ1n) is 11.8. The molecular weight excluding hydrogens is 464 g/mol. The Kier molecular flexibility index (Phi) is 6.49. The van der Waals surface area contributed by atoms with Gasteiger partial charge in [0.25, 0.3) is 0 Å². The highest BCUT2D eigenvalue weighted by Crippen LogP contribution is 2.40. The van der Waals surface area contributed by atoms with Gasteiger partial charge < -0.3 is 24.1 Å². The first kappa shape index (κ1) is 23.7. The first-order valence-corrected chi connectivity index (χ1v) is 11.8. The molecule has 0 radical (unpaired) electrons. The summed E-state index contributed by atoms with van der Waals surface area (Å²) in [5.41, 5.74) is 1.44. The fraction of sp³-hybridized carbons (Fsp3) is 0.385. The van der Waals surface area contributed by atoms with Crippen molar-refractivity contribution in [2.24, 2.45) is 5.92 Å². The van der Waals surface area contributed by atoms with Crippen molar-refractivity contribution in [3.8, 4) is 28.6 Å². The maximum absolute atomic E-state index is 13.3. The minimum atomic E-state index is -0.403. The Morgan fingerprint density at radius 2 is 1.78 bits per heavy atom. The van der Waals surface area contributed by atoms with E-state index in [2.05, 4.69) is 15.5 Å². The number of para-hydroxylation sites is 2. The van der Waals surface area contributed by atoms with Gasteiger partial charge in [-0.15, -0.1) is 0 Å². The van der Waals surface area contributed by atoms with Gasteiger partial charge in [0.05, 0.1) is 39.4 Å². The van der Waals surface area contributed by atoms with Gasteiger partial charge in [0.1, 0.15) is 5.75 Å². The Bertz CT molecular complexity index is 1270. The molecule has 3 amide bonds. The number of fused-ring (bicyclic) bond motifs is 1. The van der Waals surface area contributed by atoms with Gasteiger partial charge in [0, 0.05) is 17.5 Å². The zero-order chi connectivity index (χ0) is 25.2. The SMILES string of the molecule is COc1ccccc1CN1C(=O)NC2CC(c3nc(-c4cccc(OC)c4OC)no3)CCC2C1=O. The number of carbonyl (C=O) groups excluding carboxylic acids is 2. The number of nitrogens with one attached hydrogen (secondary N) is 1. The number of nitrogens with zero attached hydrogens (tertiary/aromatic N) is 3. The molecule has 10 heteroatoms. The molecule has 36 heavy (non-hydrogen) atoms. The van der Waals surface area contributed by atoms with Gasteiger partial charge in [0.2, 0.25) is 17.6 Å². The molecule has 0 spiro atoms. The van der Waals surface area contributed by atoms with E-state index in [1.165, 1.54) is 4.90 Å². The molecule has 1 aliphatic heterocycles. The van der Waals surface area contributed by atoms with E-state index in [9.17, 15) is 9.59 Å². The Morgan fingerprint density at radius 3 is 2.56 bits per heavy atom. The standard InChI is InChI=1S/C26H28N4O6/c1-33-20-9-5-4-7-16(20)14-30-25(31)17-12-11-15(13-19(17)27-26(30)32)24-28-23(29-36-24)18-8-6-10-21(34-2)22(18)35-3/h4-10,15,17,19H,11-14H2,1-3H3,(H,27,32). The molecule has 2 heterocycles. The zero-order valence-corrected chi connectivity index (χ0v) is 20.4. The van der Waals surface area contributed by atoms with E-state index >= 15 is 0 Å². The van der Waals surface area contributed by atoms with Crippen LogP contribution in [0.5, 0.6) is 17.2 Å². The quantitative estimate of drug-likeness (QED) is 0.530. The number of hydrogen-bond acceptors (Lipinski definition) is 8. The Labute approximate surface area is 208 Å². The second-order valence-corrected chi connectivity index (χ2v) is 8.91. The number of urea groups is 1. The minimum absolute atomic E-state index is 0.0713. The summed E-state index contributed by atoms with van der Waals surface area (Å²) in [5, 5.41) is 7.19. The van der Waals surface area contributed by atoms with Gasteiger partial charge in [-0.3, -0.25) is 9.69 Å². The van der Waals surface area contributed by atoms with Crippen LogP contribution in [0.15, 0.2) is 47.0 Å². The molecule has 2 fully saturated rings. The summed E-state index contributed by atoms with van der Waals surface area (Å²) >= 11 is 0. The lowest BCUT2D eigenvalue weighted by Gasteiger charge is -2.41. The molecule has 0 bridgehead atoms. The topological polar surface area (TPSA) is 116 Å². The number of aromatic nitrogens is 2. The third-order valence-corrected chi connectivity index (χ3v) is 6.94. The highest BCUT2D eigenvalue weighted by atomic mass is 16.5. The highest BCUT2D eigenvalue weighted by Gasteiger charge is 2.45. The van der Waals surface area contributed by atoms with Crippen LogP contribution < -0.4 is 19.5 Å². The van der Waals surface area contributed by atoms with Crippen LogP contribution in [0.4, 0.5) is 4.79 Å². The average molecular weight is 493 g/mol. The van der Waals surface area contributed by atoms with Crippen molar-refractivity contribution in [3.63, 3.8) is 0 Å². The number of rotatable bonds is 7.